The summed E-state index contributed by atoms with van der Waals surface area (Å²) in [6.07, 6.45) is 0. The van der Waals surface area contributed by atoms with Crippen molar-refractivity contribution in [1.29, 1.82) is 0 Å². The number of carbonyl (C=O) groups excluding carboxylic acids is 1. The number of benzene rings is 2. The Morgan fingerprint density at radius 3 is 2.03 bits per heavy atom. The van der Waals surface area contributed by atoms with Crippen molar-refractivity contribution in [3.8, 4) is 0 Å². The molecular formula is C20H26ClN3O5S2. The quantitative estimate of drug-likeness (QED) is 0.563. The number of nitrogens with one attached hydrogen (secondary N) is 2. The maximum absolute atomic E-state index is 12.7. The predicted octanol–water partition coefficient (Wildman–Crippen LogP) is 3.31. The summed E-state index contributed by atoms with van der Waals surface area (Å²) >= 11 is 6.15. The van der Waals surface area contributed by atoms with Crippen LogP contribution < -0.4 is 10.0 Å². The molecule has 11 heteroatoms. The van der Waals surface area contributed by atoms with Crippen molar-refractivity contribution in [2.45, 2.75) is 43.5 Å². The minimum atomic E-state index is -3.72. The van der Waals surface area contributed by atoms with Crippen molar-refractivity contribution in [3.05, 3.63) is 53.1 Å². The minimum absolute atomic E-state index is 0.0112. The molecule has 0 aliphatic heterocycles. The molecular weight excluding hydrogens is 462 g/mol. The third kappa shape index (κ3) is 6.05. The van der Waals surface area contributed by atoms with Crippen LogP contribution in [0.4, 0.5) is 5.69 Å². The number of rotatable bonds is 9. The molecule has 0 aliphatic rings. The Hall–Kier alpha value is -1.98. The third-order valence-corrected chi connectivity index (χ3v) is 8.40. The van der Waals surface area contributed by atoms with E-state index in [0.717, 1.165) is 0 Å². The number of nitrogens with zero attached hydrogens (tertiary/aromatic N) is 1. The van der Waals surface area contributed by atoms with Crippen LogP contribution >= 0.6 is 11.6 Å². The minimum Gasteiger partial charge on any atom is -0.321 e. The topological polar surface area (TPSA) is 113 Å². The first-order chi connectivity index (χ1) is 14.4. The molecule has 8 nitrogen and oxygen atoms in total. The van der Waals surface area contributed by atoms with Gasteiger partial charge in [0.05, 0.1) is 20.5 Å². The fourth-order valence-corrected chi connectivity index (χ4v) is 5.73. The first-order valence-corrected chi connectivity index (χ1v) is 13.0. The highest BCUT2D eigenvalue weighted by atomic mass is 35.5. The largest absolute Gasteiger partial charge is 0.321 e. The lowest BCUT2D eigenvalue weighted by Crippen LogP contribution is -2.30. The lowest BCUT2D eigenvalue weighted by atomic mass is 10.2. The van der Waals surface area contributed by atoms with Gasteiger partial charge >= 0.3 is 0 Å². The Kier molecular flexibility index (Phi) is 8.23. The molecule has 0 saturated carbocycles. The fraction of sp³-hybridized carbons (Fsp3) is 0.350. The SMILES string of the molecule is CCN(CC)S(=O)(=O)c1ccc(Cl)c(NC(=O)c2ccc(S(=O)(=O)NC(C)C)cc2)c1. The third-order valence-electron chi connectivity index (χ3n) is 4.35. The van der Waals surface area contributed by atoms with Crippen molar-refractivity contribution < 1.29 is 21.6 Å². The molecule has 1 amide bonds. The number of carbonyl (C=O) groups is 1. The predicted molar refractivity (Wildman–Crippen MR) is 121 cm³/mol. The molecule has 31 heavy (non-hydrogen) atoms. The summed E-state index contributed by atoms with van der Waals surface area (Å²) in [4.78, 5) is 12.7. The number of hydrogen-bond acceptors (Lipinski definition) is 5. The van der Waals surface area contributed by atoms with E-state index in [-0.39, 0.29) is 32.1 Å². The molecule has 2 N–H and O–H groups in total. The molecule has 2 rings (SSSR count). The van der Waals surface area contributed by atoms with Gasteiger partial charge in [-0.1, -0.05) is 25.4 Å². The van der Waals surface area contributed by atoms with E-state index in [1.165, 1.54) is 46.8 Å². The number of anilines is 1. The van der Waals surface area contributed by atoms with E-state index in [2.05, 4.69) is 10.0 Å². The first-order valence-electron chi connectivity index (χ1n) is 9.65. The average Bonchev–Trinajstić information content (AvgIpc) is 2.69. The van der Waals surface area contributed by atoms with Gasteiger partial charge in [0, 0.05) is 24.7 Å². The van der Waals surface area contributed by atoms with E-state index in [1.54, 1.807) is 27.7 Å². The van der Waals surface area contributed by atoms with Gasteiger partial charge < -0.3 is 5.32 Å². The van der Waals surface area contributed by atoms with E-state index >= 15 is 0 Å². The van der Waals surface area contributed by atoms with E-state index in [4.69, 9.17) is 11.6 Å². The molecule has 0 fully saturated rings. The standard InChI is InChI=1S/C20H26ClN3O5S2/c1-5-24(6-2)31(28,29)17-11-12-18(21)19(13-17)22-20(25)15-7-9-16(10-8-15)30(26,27)23-14(3)4/h7-14,23H,5-6H2,1-4H3,(H,22,25). The fourth-order valence-electron chi connectivity index (χ4n) is 2.83. The highest BCUT2D eigenvalue weighted by Crippen LogP contribution is 2.27. The van der Waals surface area contributed by atoms with Gasteiger partial charge in [-0.25, -0.2) is 21.6 Å². The van der Waals surface area contributed by atoms with Gasteiger partial charge in [-0.05, 0) is 56.3 Å². The molecule has 170 valence electrons. The highest BCUT2D eigenvalue weighted by Gasteiger charge is 2.23. The summed E-state index contributed by atoms with van der Waals surface area (Å²) in [7, 11) is -7.40. The summed E-state index contributed by atoms with van der Waals surface area (Å²) in [5.41, 5.74) is 0.328. The second-order valence-electron chi connectivity index (χ2n) is 6.99. The second kappa shape index (κ2) is 10.1. The van der Waals surface area contributed by atoms with Gasteiger partial charge in [0.15, 0.2) is 0 Å². The molecule has 0 aromatic heterocycles. The zero-order valence-electron chi connectivity index (χ0n) is 17.7. The van der Waals surface area contributed by atoms with Gasteiger partial charge in [0.2, 0.25) is 20.0 Å². The van der Waals surface area contributed by atoms with Crippen LogP contribution in [0.5, 0.6) is 0 Å². The molecule has 0 atom stereocenters. The zero-order chi connectivity index (χ0) is 23.4. The maximum Gasteiger partial charge on any atom is 0.255 e. The number of amides is 1. The monoisotopic (exact) mass is 487 g/mol. The number of hydrogen-bond donors (Lipinski definition) is 2. The van der Waals surface area contributed by atoms with Crippen LogP contribution in [-0.4, -0.2) is 46.2 Å². The molecule has 2 aromatic carbocycles. The Morgan fingerprint density at radius 2 is 1.52 bits per heavy atom. The van der Waals surface area contributed by atoms with Crippen LogP contribution in [0.3, 0.4) is 0 Å². The maximum atomic E-state index is 12.7. The summed E-state index contributed by atoms with van der Waals surface area (Å²) in [6, 6.07) is 9.21. The lowest BCUT2D eigenvalue weighted by Gasteiger charge is -2.19. The summed E-state index contributed by atoms with van der Waals surface area (Å²) in [5, 5.41) is 2.76. The van der Waals surface area contributed by atoms with Gasteiger partial charge in [0.1, 0.15) is 0 Å². The van der Waals surface area contributed by atoms with Crippen LogP contribution in [0.15, 0.2) is 52.3 Å². The average molecular weight is 488 g/mol. The van der Waals surface area contributed by atoms with Gasteiger partial charge in [-0.3, -0.25) is 4.79 Å². The Bertz CT molecular complexity index is 1140. The van der Waals surface area contributed by atoms with E-state index in [0.29, 0.717) is 13.1 Å². The lowest BCUT2D eigenvalue weighted by molar-refractivity contribution is 0.102. The molecule has 0 bridgehead atoms. The number of halogens is 1. The number of sulfonamides is 2. The molecule has 0 unspecified atom stereocenters. The highest BCUT2D eigenvalue weighted by molar-refractivity contribution is 7.89. The molecule has 0 saturated heterocycles. The summed E-state index contributed by atoms with van der Waals surface area (Å²) in [5.74, 6) is -0.556. The van der Waals surface area contributed by atoms with E-state index in [9.17, 15) is 21.6 Å². The molecule has 0 aliphatic carbocycles. The van der Waals surface area contributed by atoms with Crippen LogP contribution in [0, 0.1) is 0 Å². The Balaban J connectivity index is 2.28. The van der Waals surface area contributed by atoms with Gasteiger partial charge in [0.25, 0.3) is 5.91 Å². The van der Waals surface area contributed by atoms with Crippen LogP contribution in [0.1, 0.15) is 38.1 Å². The van der Waals surface area contributed by atoms with Crippen LogP contribution in [0.2, 0.25) is 5.02 Å². The van der Waals surface area contributed by atoms with Crippen molar-refractivity contribution >= 4 is 43.2 Å². The van der Waals surface area contributed by atoms with Crippen molar-refractivity contribution in [3.63, 3.8) is 0 Å². The second-order valence-corrected chi connectivity index (χ2v) is 11.0. The smallest absolute Gasteiger partial charge is 0.255 e. The van der Waals surface area contributed by atoms with E-state index in [1.807, 2.05) is 0 Å². The van der Waals surface area contributed by atoms with Crippen LogP contribution in [0.25, 0.3) is 0 Å². The Morgan fingerprint density at radius 1 is 0.968 bits per heavy atom. The van der Waals surface area contributed by atoms with Crippen LogP contribution in [-0.2, 0) is 20.0 Å². The normalized spacial score (nSPS) is 12.4. The van der Waals surface area contributed by atoms with Gasteiger partial charge in [-0.2, -0.15) is 4.31 Å². The first kappa shape index (κ1) is 25.3. The summed E-state index contributed by atoms with van der Waals surface area (Å²) < 4.78 is 53.6. The van der Waals surface area contributed by atoms with E-state index < -0.39 is 26.0 Å². The zero-order valence-corrected chi connectivity index (χ0v) is 20.1. The molecule has 2 aromatic rings. The Labute approximate surface area is 188 Å². The molecule has 0 spiro atoms. The summed E-state index contributed by atoms with van der Waals surface area (Å²) in [6.45, 7) is 7.50. The van der Waals surface area contributed by atoms with Crippen molar-refractivity contribution in [2.75, 3.05) is 18.4 Å². The van der Waals surface area contributed by atoms with Crippen molar-refractivity contribution in [2.24, 2.45) is 0 Å². The molecule has 0 heterocycles. The molecule has 0 radical (unpaired) electrons. The van der Waals surface area contributed by atoms with Gasteiger partial charge in [-0.15, -0.1) is 0 Å². The van der Waals surface area contributed by atoms with Crippen molar-refractivity contribution in [1.82, 2.24) is 9.03 Å².